The van der Waals surface area contributed by atoms with E-state index in [0.29, 0.717) is 9.79 Å². The monoisotopic (exact) mass is 407 g/mol. The van der Waals surface area contributed by atoms with Gasteiger partial charge < -0.3 is 10.7 Å². The Balaban J connectivity index is 2.34. The standard InChI is InChI=1S/C19H10FN5O3S/c20-10-1-4-12(5-2-10)29-16-6-3-11(25(27)28)7-13(16)17-14(8-21)18(23)24-19(26)15(17)9-22/h1-7H,(H3,23,24,26). The van der Waals surface area contributed by atoms with Crippen molar-refractivity contribution in [2.45, 2.75) is 9.79 Å². The van der Waals surface area contributed by atoms with E-state index in [2.05, 4.69) is 4.98 Å². The molecule has 0 amide bonds. The number of nitrogens with two attached hydrogens (primary N) is 1. The van der Waals surface area contributed by atoms with Crippen molar-refractivity contribution < 1.29 is 9.31 Å². The largest absolute Gasteiger partial charge is 0.384 e. The summed E-state index contributed by atoms with van der Waals surface area (Å²) >= 11 is 1.13. The number of nitrogens with zero attached hydrogens (tertiary/aromatic N) is 3. The van der Waals surface area contributed by atoms with Crippen LogP contribution in [0.3, 0.4) is 0 Å². The van der Waals surface area contributed by atoms with Crippen LogP contribution in [0.2, 0.25) is 0 Å². The topological polar surface area (TPSA) is 150 Å². The predicted octanol–water partition coefficient (Wildman–Crippen LogP) is 3.57. The molecule has 0 aliphatic rings. The summed E-state index contributed by atoms with van der Waals surface area (Å²) in [6.45, 7) is 0. The van der Waals surface area contributed by atoms with Crippen LogP contribution in [0.5, 0.6) is 0 Å². The number of hydrogen-bond acceptors (Lipinski definition) is 7. The van der Waals surface area contributed by atoms with E-state index >= 15 is 0 Å². The van der Waals surface area contributed by atoms with E-state index in [-0.39, 0.29) is 28.2 Å². The first-order valence-electron chi connectivity index (χ1n) is 7.94. The van der Waals surface area contributed by atoms with Gasteiger partial charge in [-0.25, -0.2) is 4.39 Å². The SMILES string of the molecule is N#Cc1c(N)[nH]c(=O)c(C#N)c1-c1cc([N+](=O)[O-])ccc1Sc1ccc(F)cc1. The Morgan fingerprint density at radius 3 is 2.34 bits per heavy atom. The number of rotatable bonds is 4. The highest BCUT2D eigenvalue weighted by molar-refractivity contribution is 7.99. The highest BCUT2D eigenvalue weighted by atomic mass is 32.2. The van der Waals surface area contributed by atoms with Crippen LogP contribution < -0.4 is 11.3 Å². The summed E-state index contributed by atoms with van der Waals surface area (Å²) in [5, 5.41) is 30.2. The minimum absolute atomic E-state index is 0.0930. The van der Waals surface area contributed by atoms with E-state index in [0.717, 1.165) is 11.8 Å². The number of hydrogen-bond donors (Lipinski definition) is 2. The normalized spacial score (nSPS) is 10.2. The molecule has 0 radical (unpaired) electrons. The van der Waals surface area contributed by atoms with Gasteiger partial charge in [-0.3, -0.25) is 14.9 Å². The van der Waals surface area contributed by atoms with E-state index in [4.69, 9.17) is 5.73 Å². The Labute approximate surface area is 167 Å². The molecule has 0 aliphatic heterocycles. The Bertz CT molecular complexity index is 1270. The third-order valence-corrected chi connectivity index (χ3v) is 5.04. The number of benzene rings is 2. The van der Waals surface area contributed by atoms with Crippen molar-refractivity contribution in [2.75, 3.05) is 5.73 Å². The van der Waals surface area contributed by atoms with Crippen LogP contribution in [0.4, 0.5) is 15.9 Å². The van der Waals surface area contributed by atoms with Gasteiger partial charge in [-0.05, 0) is 30.3 Å². The number of nitrogen functional groups attached to an aromatic ring is 1. The molecule has 0 spiro atoms. The molecule has 3 N–H and O–H groups in total. The van der Waals surface area contributed by atoms with Crippen molar-refractivity contribution in [3.05, 3.63) is 79.9 Å². The second kappa shape index (κ2) is 7.84. The second-order valence-corrected chi connectivity index (χ2v) is 6.83. The van der Waals surface area contributed by atoms with Gasteiger partial charge in [0, 0.05) is 33.1 Å². The lowest BCUT2D eigenvalue weighted by Gasteiger charge is -2.13. The number of halogens is 1. The van der Waals surface area contributed by atoms with Crippen LogP contribution in [0.1, 0.15) is 11.1 Å². The van der Waals surface area contributed by atoms with Crippen molar-refractivity contribution in [3.8, 4) is 23.3 Å². The quantitative estimate of drug-likeness (QED) is 0.496. The lowest BCUT2D eigenvalue weighted by atomic mass is 9.96. The molecular weight excluding hydrogens is 397 g/mol. The van der Waals surface area contributed by atoms with Gasteiger partial charge in [0.05, 0.1) is 4.92 Å². The highest BCUT2D eigenvalue weighted by Gasteiger charge is 2.23. The van der Waals surface area contributed by atoms with E-state index in [1.54, 1.807) is 6.07 Å². The molecule has 0 fully saturated rings. The number of aromatic nitrogens is 1. The van der Waals surface area contributed by atoms with Gasteiger partial charge in [0.15, 0.2) is 0 Å². The Morgan fingerprint density at radius 1 is 1.10 bits per heavy atom. The zero-order valence-electron chi connectivity index (χ0n) is 14.5. The van der Waals surface area contributed by atoms with Crippen LogP contribution in [-0.4, -0.2) is 9.91 Å². The van der Waals surface area contributed by atoms with Crippen LogP contribution in [-0.2, 0) is 0 Å². The molecule has 29 heavy (non-hydrogen) atoms. The minimum atomic E-state index is -0.816. The molecular formula is C19H10FN5O3S. The van der Waals surface area contributed by atoms with Crippen molar-refractivity contribution >= 4 is 23.3 Å². The Morgan fingerprint density at radius 2 is 1.76 bits per heavy atom. The molecule has 0 atom stereocenters. The van der Waals surface area contributed by atoms with Crippen LogP contribution >= 0.6 is 11.8 Å². The fraction of sp³-hybridized carbons (Fsp3) is 0. The second-order valence-electron chi connectivity index (χ2n) is 5.71. The van der Waals surface area contributed by atoms with Gasteiger partial charge in [-0.2, -0.15) is 10.5 Å². The molecule has 10 heteroatoms. The van der Waals surface area contributed by atoms with Crippen LogP contribution in [0, 0.1) is 38.6 Å². The molecule has 0 saturated carbocycles. The molecule has 3 aromatic rings. The van der Waals surface area contributed by atoms with Gasteiger partial charge >= 0.3 is 0 Å². The molecule has 1 heterocycles. The highest BCUT2D eigenvalue weighted by Crippen LogP contribution is 2.40. The molecule has 0 unspecified atom stereocenters. The first kappa shape index (κ1) is 19.6. The average Bonchev–Trinajstić information content (AvgIpc) is 2.69. The summed E-state index contributed by atoms with van der Waals surface area (Å²) in [4.78, 5) is 26.1. The third kappa shape index (κ3) is 3.78. The number of nitro benzene ring substituents is 1. The zero-order valence-corrected chi connectivity index (χ0v) is 15.3. The summed E-state index contributed by atoms with van der Waals surface area (Å²) in [7, 11) is 0. The summed E-state index contributed by atoms with van der Waals surface area (Å²) < 4.78 is 13.2. The molecule has 1 aromatic heterocycles. The number of pyridine rings is 1. The summed E-state index contributed by atoms with van der Waals surface area (Å²) in [6, 6.07) is 12.9. The molecule has 142 valence electrons. The third-order valence-electron chi connectivity index (χ3n) is 3.95. The fourth-order valence-corrected chi connectivity index (χ4v) is 3.59. The minimum Gasteiger partial charge on any atom is -0.384 e. The number of nitriles is 2. The van der Waals surface area contributed by atoms with Crippen molar-refractivity contribution in [3.63, 3.8) is 0 Å². The van der Waals surface area contributed by atoms with Crippen molar-refractivity contribution in [1.29, 1.82) is 10.5 Å². The zero-order chi connectivity index (χ0) is 21.1. The van der Waals surface area contributed by atoms with Gasteiger partial charge in [0.1, 0.15) is 34.9 Å². The van der Waals surface area contributed by atoms with E-state index in [9.17, 15) is 29.8 Å². The van der Waals surface area contributed by atoms with Crippen molar-refractivity contribution in [1.82, 2.24) is 4.98 Å². The Hall–Kier alpha value is -4.15. The van der Waals surface area contributed by atoms with Crippen LogP contribution in [0.25, 0.3) is 11.1 Å². The fourth-order valence-electron chi connectivity index (χ4n) is 2.66. The maximum absolute atomic E-state index is 13.2. The average molecular weight is 407 g/mol. The summed E-state index contributed by atoms with van der Waals surface area (Å²) in [5.74, 6) is -0.685. The molecule has 2 aromatic carbocycles. The lowest BCUT2D eigenvalue weighted by molar-refractivity contribution is -0.384. The van der Waals surface area contributed by atoms with Gasteiger partial charge in [0.2, 0.25) is 0 Å². The van der Waals surface area contributed by atoms with Crippen LogP contribution in [0.15, 0.2) is 57.1 Å². The van der Waals surface area contributed by atoms with Crippen molar-refractivity contribution in [2.24, 2.45) is 0 Å². The molecule has 0 aliphatic carbocycles. The molecule has 0 saturated heterocycles. The first-order valence-corrected chi connectivity index (χ1v) is 8.75. The number of H-pyrrole nitrogens is 1. The lowest BCUT2D eigenvalue weighted by Crippen LogP contribution is -2.16. The molecule has 0 bridgehead atoms. The maximum atomic E-state index is 13.2. The number of anilines is 1. The van der Waals surface area contributed by atoms with Gasteiger partial charge in [0.25, 0.3) is 11.2 Å². The van der Waals surface area contributed by atoms with E-state index < -0.39 is 21.9 Å². The number of non-ortho nitro benzene ring substituents is 1. The maximum Gasteiger partial charge on any atom is 0.270 e. The molecule has 8 nitrogen and oxygen atoms in total. The number of nitrogens with one attached hydrogen (secondary N) is 1. The number of nitro groups is 1. The predicted molar refractivity (Wildman–Crippen MR) is 104 cm³/mol. The number of aromatic amines is 1. The van der Waals surface area contributed by atoms with E-state index in [1.807, 2.05) is 6.07 Å². The molecule has 3 rings (SSSR count). The smallest absolute Gasteiger partial charge is 0.270 e. The van der Waals surface area contributed by atoms with E-state index in [1.165, 1.54) is 42.5 Å². The first-order chi connectivity index (χ1) is 13.8. The summed E-state index contributed by atoms with van der Waals surface area (Å²) in [6.07, 6.45) is 0. The Kier molecular flexibility index (Phi) is 5.30. The van der Waals surface area contributed by atoms with Gasteiger partial charge in [-0.15, -0.1) is 0 Å². The van der Waals surface area contributed by atoms with Gasteiger partial charge in [-0.1, -0.05) is 11.8 Å². The summed E-state index contributed by atoms with van der Waals surface area (Å²) in [5.41, 5.74) is 4.09.